The Morgan fingerprint density at radius 1 is 1.58 bits per heavy atom. The molecule has 1 heterocycles. The Morgan fingerprint density at radius 3 is 2.95 bits per heavy atom. The number of rotatable bonds is 7. The lowest BCUT2D eigenvalue weighted by Gasteiger charge is -2.25. The van der Waals surface area contributed by atoms with Crippen LogP contribution in [0.2, 0.25) is 0 Å². The molecule has 0 aliphatic rings. The highest BCUT2D eigenvalue weighted by Crippen LogP contribution is 2.08. The van der Waals surface area contributed by atoms with E-state index in [0.29, 0.717) is 18.8 Å². The van der Waals surface area contributed by atoms with Gasteiger partial charge in [0.25, 0.3) is 0 Å². The van der Waals surface area contributed by atoms with Crippen LogP contribution in [-0.2, 0) is 11.3 Å². The van der Waals surface area contributed by atoms with Gasteiger partial charge in [0.15, 0.2) is 5.84 Å². The molecule has 4 N–H and O–H groups in total. The number of nitrogens with one attached hydrogen (secondary N) is 1. The summed E-state index contributed by atoms with van der Waals surface area (Å²) in [6.45, 7) is 8.16. The van der Waals surface area contributed by atoms with Crippen LogP contribution in [0.15, 0.2) is 23.5 Å². The van der Waals surface area contributed by atoms with Crippen LogP contribution in [0.1, 0.15) is 32.0 Å². The Morgan fingerprint density at radius 2 is 2.32 bits per heavy atom. The minimum atomic E-state index is -0.198. The molecule has 0 atom stereocenters. The summed E-state index contributed by atoms with van der Waals surface area (Å²) >= 11 is 0. The first-order valence-electron chi connectivity index (χ1n) is 6.26. The fourth-order valence-electron chi connectivity index (χ4n) is 1.73. The summed E-state index contributed by atoms with van der Waals surface area (Å²) in [5.74, 6) is 0.0106. The molecule has 0 saturated heterocycles. The van der Waals surface area contributed by atoms with E-state index in [4.69, 9.17) is 15.7 Å². The molecule has 6 nitrogen and oxygen atoms in total. The summed E-state index contributed by atoms with van der Waals surface area (Å²) in [5, 5.41) is 14.9. The third-order valence-corrected chi connectivity index (χ3v) is 2.61. The van der Waals surface area contributed by atoms with Crippen LogP contribution in [0.5, 0.6) is 0 Å². The van der Waals surface area contributed by atoms with E-state index in [9.17, 15) is 0 Å². The lowest BCUT2D eigenvalue weighted by Crippen LogP contribution is -2.37. The van der Waals surface area contributed by atoms with Crippen molar-refractivity contribution in [3.8, 4) is 0 Å². The summed E-state index contributed by atoms with van der Waals surface area (Å²) < 4.78 is 5.60. The summed E-state index contributed by atoms with van der Waals surface area (Å²) in [5.41, 5.74) is 6.78. The van der Waals surface area contributed by atoms with Crippen LogP contribution >= 0.6 is 0 Å². The van der Waals surface area contributed by atoms with Gasteiger partial charge in [-0.3, -0.25) is 4.98 Å². The van der Waals surface area contributed by atoms with Gasteiger partial charge in [0, 0.05) is 25.9 Å². The number of hydrogen-bond donors (Lipinski definition) is 3. The van der Waals surface area contributed by atoms with Crippen LogP contribution in [0.25, 0.3) is 0 Å². The number of amidine groups is 1. The summed E-state index contributed by atoms with van der Waals surface area (Å²) in [7, 11) is 0. The topological polar surface area (TPSA) is 92.8 Å². The van der Waals surface area contributed by atoms with E-state index in [1.165, 1.54) is 0 Å². The van der Waals surface area contributed by atoms with E-state index >= 15 is 0 Å². The summed E-state index contributed by atoms with van der Waals surface area (Å²) in [4.78, 5) is 4.03. The maximum Gasteiger partial charge on any atom is 0.188 e. The molecule has 0 amide bonds. The van der Waals surface area contributed by atoms with Crippen molar-refractivity contribution in [3.05, 3.63) is 29.6 Å². The summed E-state index contributed by atoms with van der Waals surface area (Å²) in [6, 6.07) is 3.67. The van der Waals surface area contributed by atoms with Crippen LogP contribution in [-0.4, -0.2) is 34.8 Å². The largest absolute Gasteiger partial charge is 0.409 e. The fourth-order valence-corrected chi connectivity index (χ4v) is 1.73. The van der Waals surface area contributed by atoms with Crippen molar-refractivity contribution < 1.29 is 9.94 Å². The molecule has 0 radical (unpaired) electrons. The lowest BCUT2D eigenvalue weighted by molar-refractivity contribution is -0.00897. The van der Waals surface area contributed by atoms with Gasteiger partial charge < -0.3 is 21.0 Å². The molecule has 0 unspecified atom stereocenters. The number of nitrogens with two attached hydrogens (primary N) is 1. The van der Waals surface area contributed by atoms with Gasteiger partial charge >= 0.3 is 0 Å². The second-order valence-corrected chi connectivity index (χ2v) is 4.83. The number of pyridine rings is 1. The molecule has 1 aromatic rings. The number of hydrogen-bond acceptors (Lipinski definition) is 5. The van der Waals surface area contributed by atoms with Gasteiger partial charge in [0.2, 0.25) is 0 Å². The zero-order valence-electron chi connectivity index (χ0n) is 11.7. The Labute approximate surface area is 113 Å². The predicted octanol–water partition coefficient (Wildman–Crippen LogP) is 1.08. The van der Waals surface area contributed by atoms with Crippen LogP contribution in [0.4, 0.5) is 0 Å². The van der Waals surface area contributed by atoms with Crippen molar-refractivity contribution in [1.82, 2.24) is 10.3 Å². The standard InChI is InChI=1S/C13H22N4O2/c1-4-19-13(2,3)9-15-8-10-5-6-16-11(7-10)12(14)17-18/h5-7,15,18H,4,8-9H2,1-3H3,(H2,14,17). The molecular weight excluding hydrogens is 244 g/mol. The van der Waals surface area contributed by atoms with E-state index in [0.717, 1.165) is 12.1 Å². The van der Waals surface area contributed by atoms with Gasteiger partial charge in [-0.2, -0.15) is 0 Å². The summed E-state index contributed by atoms with van der Waals surface area (Å²) in [6.07, 6.45) is 1.64. The number of aromatic nitrogens is 1. The predicted molar refractivity (Wildman–Crippen MR) is 74.2 cm³/mol. The molecule has 0 aliphatic heterocycles. The van der Waals surface area contributed by atoms with Crippen molar-refractivity contribution in [1.29, 1.82) is 0 Å². The Bertz CT molecular complexity index is 432. The second-order valence-electron chi connectivity index (χ2n) is 4.83. The minimum Gasteiger partial charge on any atom is -0.409 e. The molecule has 0 fully saturated rings. The van der Waals surface area contributed by atoms with Crippen molar-refractivity contribution in [2.24, 2.45) is 10.9 Å². The smallest absolute Gasteiger partial charge is 0.188 e. The molecule has 106 valence electrons. The Hall–Kier alpha value is -1.66. The van der Waals surface area contributed by atoms with E-state index in [2.05, 4.69) is 15.5 Å². The molecule has 0 bridgehead atoms. The van der Waals surface area contributed by atoms with Gasteiger partial charge in [-0.05, 0) is 38.5 Å². The number of ether oxygens (including phenoxy) is 1. The van der Waals surface area contributed by atoms with Crippen LogP contribution in [0.3, 0.4) is 0 Å². The number of oxime groups is 1. The Balaban J connectivity index is 2.54. The first kappa shape index (κ1) is 15.4. The van der Waals surface area contributed by atoms with Gasteiger partial charge in [-0.15, -0.1) is 0 Å². The van der Waals surface area contributed by atoms with Gasteiger partial charge in [-0.1, -0.05) is 5.16 Å². The van der Waals surface area contributed by atoms with Crippen molar-refractivity contribution >= 4 is 5.84 Å². The fraction of sp³-hybridized carbons (Fsp3) is 0.538. The van der Waals surface area contributed by atoms with Gasteiger partial charge in [-0.25, -0.2) is 0 Å². The highest BCUT2D eigenvalue weighted by Gasteiger charge is 2.16. The molecule has 0 aliphatic carbocycles. The quantitative estimate of drug-likeness (QED) is 0.297. The van der Waals surface area contributed by atoms with Gasteiger partial charge in [0.05, 0.1) is 5.60 Å². The van der Waals surface area contributed by atoms with E-state index in [1.54, 1.807) is 12.3 Å². The minimum absolute atomic E-state index is 0.0106. The van der Waals surface area contributed by atoms with Crippen molar-refractivity contribution in [2.45, 2.75) is 32.9 Å². The molecule has 1 aromatic heterocycles. The highest BCUT2D eigenvalue weighted by molar-refractivity contribution is 5.95. The van der Waals surface area contributed by atoms with Crippen LogP contribution < -0.4 is 11.1 Å². The van der Waals surface area contributed by atoms with E-state index in [1.807, 2.05) is 26.8 Å². The lowest BCUT2D eigenvalue weighted by atomic mass is 10.1. The molecule has 6 heteroatoms. The van der Waals surface area contributed by atoms with Crippen molar-refractivity contribution in [3.63, 3.8) is 0 Å². The maximum absolute atomic E-state index is 8.61. The normalized spacial score (nSPS) is 12.7. The maximum atomic E-state index is 8.61. The SMILES string of the molecule is CCOC(C)(C)CNCc1ccnc(/C(N)=N/O)c1. The Kier molecular flexibility index (Phi) is 5.72. The van der Waals surface area contributed by atoms with Gasteiger partial charge in [0.1, 0.15) is 5.69 Å². The third kappa shape index (κ3) is 5.23. The average Bonchev–Trinajstić information content (AvgIpc) is 2.38. The van der Waals surface area contributed by atoms with E-state index < -0.39 is 0 Å². The first-order chi connectivity index (χ1) is 8.98. The third-order valence-electron chi connectivity index (χ3n) is 2.61. The monoisotopic (exact) mass is 266 g/mol. The average molecular weight is 266 g/mol. The zero-order valence-corrected chi connectivity index (χ0v) is 11.7. The van der Waals surface area contributed by atoms with Crippen LogP contribution in [0, 0.1) is 0 Å². The molecule has 0 spiro atoms. The first-order valence-corrected chi connectivity index (χ1v) is 6.26. The molecule has 1 rings (SSSR count). The van der Waals surface area contributed by atoms with Crippen molar-refractivity contribution in [2.75, 3.05) is 13.2 Å². The zero-order chi connectivity index (χ0) is 14.3. The second kappa shape index (κ2) is 7.06. The molecule has 0 aromatic carbocycles. The number of nitrogens with zero attached hydrogens (tertiary/aromatic N) is 2. The molecule has 19 heavy (non-hydrogen) atoms. The molecule has 0 saturated carbocycles. The highest BCUT2D eigenvalue weighted by atomic mass is 16.5. The van der Waals surface area contributed by atoms with E-state index in [-0.39, 0.29) is 11.4 Å². The molecular formula is C13H22N4O2.